The SMILES string of the molecule is O=C(Cc1ccc(O)c(F)c1)NCc1nncn1CCc1ccccc1. The summed E-state index contributed by atoms with van der Waals surface area (Å²) in [4.78, 5) is 12.0. The highest BCUT2D eigenvalue weighted by atomic mass is 19.1. The second-order valence-corrected chi connectivity index (χ2v) is 5.92. The van der Waals surface area contributed by atoms with Crippen molar-refractivity contribution in [2.24, 2.45) is 0 Å². The molecular weight excluding hydrogens is 335 g/mol. The molecule has 0 saturated carbocycles. The van der Waals surface area contributed by atoms with Gasteiger partial charge in [0.25, 0.3) is 0 Å². The molecule has 26 heavy (non-hydrogen) atoms. The number of nitrogens with one attached hydrogen (secondary N) is 1. The van der Waals surface area contributed by atoms with E-state index in [9.17, 15) is 14.3 Å². The summed E-state index contributed by atoms with van der Waals surface area (Å²) >= 11 is 0. The Kier molecular flexibility index (Phi) is 5.58. The van der Waals surface area contributed by atoms with Crippen LogP contribution in [0.5, 0.6) is 5.75 Å². The van der Waals surface area contributed by atoms with Gasteiger partial charge < -0.3 is 15.0 Å². The molecule has 0 aliphatic carbocycles. The van der Waals surface area contributed by atoms with Crippen molar-refractivity contribution in [1.29, 1.82) is 0 Å². The number of phenolic OH excluding ortho intramolecular Hbond substituents is 1. The number of aromatic hydroxyl groups is 1. The summed E-state index contributed by atoms with van der Waals surface area (Å²) in [6.07, 6.45) is 2.50. The summed E-state index contributed by atoms with van der Waals surface area (Å²) < 4.78 is 15.2. The van der Waals surface area contributed by atoms with Gasteiger partial charge in [-0.15, -0.1) is 10.2 Å². The van der Waals surface area contributed by atoms with Gasteiger partial charge in [-0.1, -0.05) is 36.4 Å². The van der Waals surface area contributed by atoms with E-state index in [-0.39, 0.29) is 18.9 Å². The molecule has 134 valence electrons. The minimum atomic E-state index is -0.740. The van der Waals surface area contributed by atoms with Crippen molar-refractivity contribution in [3.63, 3.8) is 0 Å². The number of halogens is 1. The highest BCUT2D eigenvalue weighted by molar-refractivity contribution is 5.78. The zero-order valence-corrected chi connectivity index (χ0v) is 14.1. The summed E-state index contributed by atoms with van der Waals surface area (Å²) in [5.41, 5.74) is 1.70. The van der Waals surface area contributed by atoms with Crippen molar-refractivity contribution in [2.45, 2.75) is 25.9 Å². The number of phenols is 1. The predicted molar refractivity (Wildman–Crippen MR) is 93.8 cm³/mol. The van der Waals surface area contributed by atoms with Crippen molar-refractivity contribution in [2.75, 3.05) is 0 Å². The van der Waals surface area contributed by atoms with Crippen LogP contribution < -0.4 is 5.32 Å². The number of rotatable bonds is 7. The minimum Gasteiger partial charge on any atom is -0.505 e. The van der Waals surface area contributed by atoms with E-state index in [1.54, 1.807) is 6.33 Å². The molecule has 0 spiro atoms. The lowest BCUT2D eigenvalue weighted by molar-refractivity contribution is -0.120. The molecule has 0 bridgehead atoms. The van der Waals surface area contributed by atoms with Crippen molar-refractivity contribution < 1.29 is 14.3 Å². The Morgan fingerprint density at radius 3 is 2.73 bits per heavy atom. The lowest BCUT2D eigenvalue weighted by Gasteiger charge is -2.08. The first-order valence-electron chi connectivity index (χ1n) is 8.26. The van der Waals surface area contributed by atoms with Gasteiger partial charge in [-0.25, -0.2) is 4.39 Å². The maximum absolute atomic E-state index is 13.3. The third-order valence-electron chi connectivity index (χ3n) is 4.00. The fraction of sp³-hybridized carbons (Fsp3) is 0.211. The zero-order valence-electron chi connectivity index (χ0n) is 14.1. The average Bonchev–Trinajstić information content (AvgIpc) is 3.10. The Balaban J connectivity index is 1.52. The number of carbonyl (C=O) groups is 1. The molecule has 0 fully saturated rings. The van der Waals surface area contributed by atoms with Gasteiger partial charge in [-0.3, -0.25) is 4.79 Å². The summed E-state index contributed by atoms with van der Waals surface area (Å²) in [5.74, 6) is -0.768. The highest BCUT2D eigenvalue weighted by Crippen LogP contribution is 2.16. The first kappa shape index (κ1) is 17.6. The van der Waals surface area contributed by atoms with Gasteiger partial charge in [0.1, 0.15) is 6.33 Å². The molecule has 0 unspecified atom stereocenters. The molecule has 0 aliphatic heterocycles. The van der Waals surface area contributed by atoms with Crippen molar-refractivity contribution in [3.8, 4) is 5.75 Å². The number of benzene rings is 2. The molecule has 0 aliphatic rings. The number of carbonyl (C=O) groups excluding carboxylic acids is 1. The van der Waals surface area contributed by atoms with Crippen LogP contribution in [0.3, 0.4) is 0 Å². The maximum Gasteiger partial charge on any atom is 0.224 e. The van der Waals surface area contributed by atoms with E-state index in [0.29, 0.717) is 17.9 Å². The molecule has 3 aromatic rings. The molecule has 0 atom stereocenters. The van der Waals surface area contributed by atoms with E-state index in [0.717, 1.165) is 12.5 Å². The van der Waals surface area contributed by atoms with Crippen LogP contribution in [0, 0.1) is 5.82 Å². The second kappa shape index (κ2) is 8.24. The van der Waals surface area contributed by atoms with E-state index in [1.165, 1.54) is 17.7 Å². The van der Waals surface area contributed by atoms with Gasteiger partial charge in [0.05, 0.1) is 13.0 Å². The maximum atomic E-state index is 13.3. The summed E-state index contributed by atoms with van der Waals surface area (Å²) in [6, 6.07) is 14.0. The smallest absolute Gasteiger partial charge is 0.224 e. The number of hydrogen-bond acceptors (Lipinski definition) is 4. The van der Waals surface area contributed by atoms with Gasteiger partial charge in [-0.05, 0) is 29.7 Å². The fourth-order valence-electron chi connectivity index (χ4n) is 2.58. The van der Waals surface area contributed by atoms with Crippen molar-refractivity contribution >= 4 is 5.91 Å². The minimum absolute atomic E-state index is 0.0232. The van der Waals surface area contributed by atoms with E-state index < -0.39 is 11.6 Å². The molecule has 1 amide bonds. The first-order chi connectivity index (χ1) is 12.6. The van der Waals surface area contributed by atoms with Gasteiger partial charge >= 0.3 is 0 Å². The summed E-state index contributed by atoms with van der Waals surface area (Å²) in [5, 5.41) is 19.9. The molecule has 2 aromatic carbocycles. The van der Waals surface area contributed by atoms with Crippen LogP contribution in [0.2, 0.25) is 0 Å². The molecule has 0 radical (unpaired) electrons. The van der Waals surface area contributed by atoms with E-state index >= 15 is 0 Å². The van der Waals surface area contributed by atoms with Crippen molar-refractivity contribution in [1.82, 2.24) is 20.1 Å². The van der Waals surface area contributed by atoms with Crippen molar-refractivity contribution in [3.05, 3.63) is 77.6 Å². The number of nitrogens with zero attached hydrogens (tertiary/aromatic N) is 3. The van der Waals surface area contributed by atoms with Crippen LogP contribution in [0.1, 0.15) is 17.0 Å². The normalized spacial score (nSPS) is 10.7. The average molecular weight is 354 g/mol. The number of hydrogen-bond donors (Lipinski definition) is 2. The van der Waals surface area contributed by atoms with Crippen LogP contribution in [0.4, 0.5) is 4.39 Å². The van der Waals surface area contributed by atoms with Gasteiger partial charge in [0.2, 0.25) is 5.91 Å². The van der Waals surface area contributed by atoms with Gasteiger partial charge in [0, 0.05) is 6.54 Å². The largest absolute Gasteiger partial charge is 0.505 e. The topological polar surface area (TPSA) is 80.0 Å². The number of aryl methyl sites for hydroxylation is 2. The molecule has 0 saturated heterocycles. The Morgan fingerprint density at radius 1 is 1.15 bits per heavy atom. The Labute approximate surface area is 150 Å². The highest BCUT2D eigenvalue weighted by Gasteiger charge is 2.09. The third-order valence-corrected chi connectivity index (χ3v) is 4.00. The lowest BCUT2D eigenvalue weighted by Crippen LogP contribution is -2.26. The molecule has 3 rings (SSSR count). The van der Waals surface area contributed by atoms with Crippen LogP contribution in [-0.4, -0.2) is 25.8 Å². The van der Waals surface area contributed by atoms with Crippen LogP contribution in [0.25, 0.3) is 0 Å². The summed E-state index contributed by atoms with van der Waals surface area (Å²) in [7, 11) is 0. The standard InChI is InChI=1S/C19H19FN4O2/c20-16-10-15(6-7-17(16)25)11-19(26)21-12-18-23-22-13-24(18)9-8-14-4-2-1-3-5-14/h1-7,10,13,25H,8-9,11-12H2,(H,21,26). The quantitative estimate of drug-likeness (QED) is 0.682. The molecule has 2 N–H and O–H groups in total. The Hall–Kier alpha value is -3.22. The fourth-order valence-corrected chi connectivity index (χ4v) is 2.58. The molecule has 1 aromatic heterocycles. The second-order valence-electron chi connectivity index (χ2n) is 5.92. The lowest BCUT2D eigenvalue weighted by atomic mass is 10.1. The zero-order chi connectivity index (χ0) is 18.4. The predicted octanol–water partition coefficient (Wildman–Crippen LogP) is 2.22. The molecule has 6 nitrogen and oxygen atoms in total. The van der Waals surface area contributed by atoms with Crippen LogP contribution in [-0.2, 0) is 30.7 Å². The van der Waals surface area contributed by atoms with E-state index in [4.69, 9.17) is 0 Å². The number of amides is 1. The Morgan fingerprint density at radius 2 is 1.96 bits per heavy atom. The molecule has 1 heterocycles. The summed E-state index contributed by atoms with van der Waals surface area (Å²) in [6.45, 7) is 0.958. The third kappa shape index (κ3) is 4.66. The van der Waals surface area contributed by atoms with Crippen LogP contribution >= 0.6 is 0 Å². The first-order valence-corrected chi connectivity index (χ1v) is 8.26. The van der Waals surface area contributed by atoms with E-state index in [1.807, 2.05) is 22.8 Å². The Bertz CT molecular complexity index is 880. The van der Waals surface area contributed by atoms with Crippen LogP contribution in [0.15, 0.2) is 54.9 Å². The van der Waals surface area contributed by atoms with Gasteiger partial charge in [-0.2, -0.15) is 0 Å². The van der Waals surface area contributed by atoms with Gasteiger partial charge in [0.15, 0.2) is 17.4 Å². The monoisotopic (exact) mass is 354 g/mol. The van der Waals surface area contributed by atoms with E-state index in [2.05, 4.69) is 27.6 Å². The number of aromatic nitrogens is 3. The molecule has 7 heteroatoms. The molecular formula is C19H19FN4O2.